The molecule has 0 bridgehead atoms. The van der Waals surface area contributed by atoms with Gasteiger partial charge in [0.15, 0.2) is 5.82 Å². The van der Waals surface area contributed by atoms with Crippen molar-refractivity contribution in [3.8, 4) is 0 Å². The Hall–Kier alpha value is -0.990. The second-order valence-electron chi connectivity index (χ2n) is 4.47. The summed E-state index contributed by atoms with van der Waals surface area (Å²) >= 11 is 0. The molecule has 1 fully saturated rings. The van der Waals surface area contributed by atoms with Crippen molar-refractivity contribution in [1.82, 2.24) is 20.2 Å². The lowest BCUT2D eigenvalue weighted by molar-refractivity contribution is 0.400. The highest BCUT2D eigenvalue weighted by Crippen LogP contribution is 2.13. The lowest BCUT2D eigenvalue weighted by Gasteiger charge is -2.22. The van der Waals surface area contributed by atoms with E-state index in [0.29, 0.717) is 18.8 Å². The molecule has 7 nitrogen and oxygen atoms in total. The molecule has 2 rings (SSSR count). The normalized spacial score (nSPS) is 18.0. The monoisotopic (exact) mass is 274 g/mol. The van der Waals surface area contributed by atoms with Gasteiger partial charge in [0.2, 0.25) is 16.4 Å². The first-order chi connectivity index (χ1) is 8.66. The van der Waals surface area contributed by atoms with Crippen LogP contribution < -0.4 is 10.0 Å². The van der Waals surface area contributed by atoms with Gasteiger partial charge in [-0.2, -0.15) is 4.98 Å². The average Bonchev–Trinajstić information content (AvgIpc) is 2.82. The largest absolute Gasteiger partial charge is 0.343 e. The first-order valence-corrected chi connectivity index (χ1v) is 7.74. The van der Waals surface area contributed by atoms with Gasteiger partial charge in [-0.3, -0.25) is 0 Å². The summed E-state index contributed by atoms with van der Waals surface area (Å²) in [6.07, 6.45) is 3.53. The van der Waals surface area contributed by atoms with Gasteiger partial charge in [-0.05, 0) is 31.8 Å². The van der Waals surface area contributed by atoms with Crippen molar-refractivity contribution in [2.24, 2.45) is 5.92 Å². The minimum absolute atomic E-state index is 0.209. The number of piperidine rings is 1. The van der Waals surface area contributed by atoms with E-state index in [2.05, 4.69) is 24.7 Å². The fraction of sp³-hybridized carbons (Fsp3) is 0.800. The molecule has 0 aromatic carbocycles. The van der Waals surface area contributed by atoms with E-state index in [-0.39, 0.29) is 11.7 Å². The van der Waals surface area contributed by atoms with Crippen LogP contribution in [0.5, 0.6) is 0 Å². The molecular weight excluding hydrogens is 256 g/mol. The Labute approximate surface area is 106 Å². The minimum Gasteiger partial charge on any atom is -0.343 e. The number of hydrogen-bond acceptors (Lipinski definition) is 6. The van der Waals surface area contributed by atoms with Crippen LogP contribution in [0.25, 0.3) is 0 Å². The van der Waals surface area contributed by atoms with Crippen molar-refractivity contribution in [3.63, 3.8) is 0 Å². The smallest absolute Gasteiger partial charge is 0.213 e. The molecule has 0 radical (unpaired) electrons. The van der Waals surface area contributed by atoms with E-state index in [1.54, 1.807) is 0 Å². The number of hydrogen-bond donors (Lipinski definition) is 2. The first kappa shape index (κ1) is 13.4. The summed E-state index contributed by atoms with van der Waals surface area (Å²) in [5.41, 5.74) is 0. The maximum Gasteiger partial charge on any atom is 0.213 e. The zero-order valence-electron chi connectivity index (χ0n) is 10.1. The predicted octanol–water partition coefficient (Wildman–Crippen LogP) is -0.469. The van der Waals surface area contributed by atoms with Gasteiger partial charge in [-0.25, -0.2) is 13.1 Å². The molecule has 0 atom stereocenters. The lowest BCUT2D eigenvalue weighted by atomic mass is 10.0. The Balaban J connectivity index is 1.73. The molecule has 1 aromatic heterocycles. The van der Waals surface area contributed by atoms with Gasteiger partial charge in [0.1, 0.15) is 0 Å². The summed E-state index contributed by atoms with van der Waals surface area (Å²) in [5, 5.41) is 6.84. The number of nitrogens with one attached hydrogen (secondary N) is 2. The van der Waals surface area contributed by atoms with E-state index in [9.17, 15) is 8.42 Å². The summed E-state index contributed by atoms with van der Waals surface area (Å²) in [6, 6.07) is 0. The van der Waals surface area contributed by atoms with Crippen molar-refractivity contribution in [2.75, 3.05) is 25.4 Å². The van der Waals surface area contributed by atoms with Gasteiger partial charge in [0.05, 0.1) is 5.75 Å². The molecule has 8 heteroatoms. The Morgan fingerprint density at radius 3 is 2.89 bits per heavy atom. The van der Waals surface area contributed by atoms with Crippen LogP contribution in [0.4, 0.5) is 0 Å². The maximum atomic E-state index is 11.8. The third kappa shape index (κ3) is 4.35. The standard InChI is InChI=1S/C10H18N4O3S/c15-18(16,7-9-1-4-11-5-2-9)13-6-3-10-12-8-17-14-10/h8-9,11,13H,1-7H2. The molecule has 18 heavy (non-hydrogen) atoms. The van der Waals surface area contributed by atoms with Crippen LogP contribution >= 0.6 is 0 Å². The fourth-order valence-corrected chi connectivity index (χ4v) is 3.52. The molecule has 2 N–H and O–H groups in total. The molecule has 1 saturated heterocycles. The maximum absolute atomic E-state index is 11.8. The van der Waals surface area contributed by atoms with Crippen LogP contribution in [0.1, 0.15) is 18.7 Å². The fourth-order valence-electron chi connectivity index (χ4n) is 2.04. The van der Waals surface area contributed by atoms with Gasteiger partial charge in [0.25, 0.3) is 0 Å². The van der Waals surface area contributed by atoms with E-state index in [1.807, 2.05) is 0 Å². The molecule has 2 heterocycles. The molecule has 0 unspecified atom stereocenters. The Kier molecular flexibility index (Phi) is 4.67. The second-order valence-corrected chi connectivity index (χ2v) is 6.32. The Bertz CT molecular complexity index is 440. The number of sulfonamides is 1. The highest BCUT2D eigenvalue weighted by molar-refractivity contribution is 7.89. The highest BCUT2D eigenvalue weighted by atomic mass is 32.2. The third-order valence-corrected chi connectivity index (χ3v) is 4.55. The van der Waals surface area contributed by atoms with E-state index in [4.69, 9.17) is 0 Å². The van der Waals surface area contributed by atoms with Crippen LogP contribution in [-0.2, 0) is 16.4 Å². The molecule has 1 aromatic rings. The molecule has 1 aliphatic heterocycles. The molecule has 0 amide bonds. The van der Waals surface area contributed by atoms with Gasteiger partial charge in [-0.1, -0.05) is 5.16 Å². The molecule has 1 aliphatic rings. The molecule has 102 valence electrons. The quantitative estimate of drug-likeness (QED) is 0.728. The topological polar surface area (TPSA) is 97.1 Å². The number of rotatable bonds is 6. The van der Waals surface area contributed by atoms with E-state index in [0.717, 1.165) is 25.9 Å². The minimum atomic E-state index is -3.20. The summed E-state index contributed by atoms with van der Waals surface area (Å²) in [5.74, 6) is 0.981. The summed E-state index contributed by atoms with van der Waals surface area (Å²) in [7, 11) is -3.20. The molecule has 0 spiro atoms. The van der Waals surface area contributed by atoms with Crippen LogP contribution in [-0.4, -0.2) is 43.9 Å². The van der Waals surface area contributed by atoms with Crippen LogP contribution in [0.15, 0.2) is 10.9 Å². The van der Waals surface area contributed by atoms with Crippen molar-refractivity contribution >= 4 is 10.0 Å². The summed E-state index contributed by atoms with van der Waals surface area (Å²) in [4.78, 5) is 3.83. The third-order valence-electron chi connectivity index (χ3n) is 2.99. The summed E-state index contributed by atoms with van der Waals surface area (Å²) < 4.78 is 30.8. The van der Waals surface area contributed by atoms with Gasteiger partial charge in [-0.15, -0.1) is 0 Å². The van der Waals surface area contributed by atoms with Crippen LogP contribution in [0.3, 0.4) is 0 Å². The Morgan fingerprint density at radius 1 is 1.44 bits per heavy atom. The number of nitrogens with zero attached hydrogens (tertiary/aromatic N) is 2. The van der Waals surface area contributed by atoms with Gasteiger partial charge in [0, 0.05) is 13.0 Å². The zero-order valence-corrected chi connectivity index (χ0v) is 10.9. The highest BCUT2D eigenvalue weighted by Gasteiger charge is 2.20. The van der Waals surface area contributed by atoms with Gasteiger partial charge >= 0.3 is 0 Å². The molecule has 0 aliphatic carbocycles. The molecular formula is C10H18N4O3S. The van der Waals surface area contributed by atoms with Crippen LogP contribution in [0, 0.1) is 5.92 Å². The predicted molar refractivity (Wildman–Crippen MR) is 65.4 cm³/mol. The first-order valence-electron chi connectivity index (χ1n) is 6.09. The summed E-state index contributed by atoms with van der Waals surface area (Å²) in [6.45, 7) is 2.12. The van der Waals surface area contributed by atoms with Crippen molar-refractivity contribution in [1.29, 1.82) is 0 Å². The van der Waals surface area contributed by atoms with Crippen LogP contribution in [0.2, 0.25) is 0 Å². The van der Waals surface area contributed by atoms with Gasteiger partial charge < -0.3 is 9.84 Å². The van der Waals surface area contributed by atoms with Crippen molar-refractivity contribution < 1.29 is 12.9 Å². The van der Waals surface area contributed by atoms with E-state index in [1.165, 1.54) is 6.39 Å². The number of aromatic nitrogens is 2. The molecule has 0 saturated carbocycles. The Morgan fingerprint density at radius 2 is 2.22 bits per heavy atom. The van der Waals surface area contributed by atoms with E-state index < -0.39 is 10.0 Å². The van der Waals surface area contributed by atoms with Crippen molar-refractivity contribution in [3.05, 3.63) is 12.2 Å². The second kappa shape index (κ2) is 6.26. The zero-order chi connectivity index (χ0) is 12.8. The van der Waals surface area contributed by atoms with Crippen molar-refractivity contribution in [2.45, 2.75) is 19.3 Å². The lowest BCUT2D eigenvalue weighted by Crippen LogP contribution is -2.36. The SMILES string of the molecule is O=S(=O)(CC1CCNCC1)NCCc1ncon1. The van der Waals surface area contributed by atoms with E-state index >= 15 is 0 Å². The average molecular weight is 274 g/mol.